The van der Waals surface area contributed by atoms with Crippen LogP contribution >= 0.6 is 0 Å². The SMILES string of the molecule is O=c1oc2ccccc2c2c1ncn2C1CCN(Cc2ccccc2)CC1. The number of nitrogens with zero attached hydrogens (tertiary/aromatic N) is 3. The standard InChI is InChI=1S/C22H21N3O2/c26-22-20-21(18-8-4-5-9-19(18)27-22)25(15-23-20)17-10-12-24(13-11-17)14-16-6-2-1-3-7-16/h1-9,15,17H,10-14H2. The fourth-order valence-corrected chi connectivity index (χ4v) is 4.15. The fraction of sp³-hybridized carbons (Fsp3) is 0.273. The van der Waals surface area contributed by atoms with Gasteiger partial charge in [0.2, 0.25) is 0 Å². The van der Waals surface area contributed by atoms with E-state index in [0.29, 0.717) is 17.1 Å². The first kappa shape index (κ1) is 16.3. The number of fused-ring (bicyclic) bond motifs is 3. The van der Waals surface area contributed by atoms with E-state index in [1.165, 1.54) is 5.56 Å². The summed E-state index contributed by atoms with van der Waals surface area (Å²) in [5.41, 5.74) is 2.96. The molecule has 0 spiro atoms. The van der Waals surface area contributed by atoms with Crippen molar-refractivity contribution in [3.05, 3.63) is 76.9 Å². The third-order valence-electron chi connectivity index (χ3n) is 5.53. The van der Waals surface area contributed by atoms with Crippen molar-refractivity contribution < 1.29 is 4.42 Å². The van der Waals surface area contributed by atoms with Gasteiger partial charge in [-0.2, -0.15) is 0 Å². The second-order valence-corrected chi connectivity index (χ2v) is 7.23. The predicted molar refractivity (Wildman–Crippen MR) is 106 cm³/mol. The largest absolute Gasteiger partial charge is 0.421 e. The fourth-order valence-electron chi connectivity index (χ4n) is 4.15. The minimum absolute atomic E-state index is 0.354. The summed E-state index contributed by atoms with van der Waals surface area (Å²) in [4.78, 5) is 19.2. The molecule has 0 aliphatic carbocycles. The number of hydrogen-bond acceptors (Lipinski definition) is 4. The maximum Gasteiger partial charge on any atom is 0.364 e. The van der Waals surface area contributed by atoms with Crippen LogP contribution < -0.4 is 5.63 Å². The van der Waals surface area contributed by atoms with Crippen molar-refractivity contribution in [3.8, 4) is 0 Å². The van der Waals surface area contributed by atoms with E-state index in [0.717, 1.165) is 43.4 Å². The molecule has 0 atom stereocenters. The van der Waals surface area contributed by atoms with Crippen molar-refractivity contribution in [2.24, 2.45) is 0 Å². The molecule has 5 nitrogen and oxygen atoms in total. The van der Waals surface area contributed by atoms with Gasteiger partial charge in [-0.05, 0) is 30.5 Å². The molecule has 1 aliphatic heterocycles. The lowest BCUT2D eigenvalue weighted by Gasteiger charge is -2.33. The molecule has 1 aliphatic rings. The molecule has 0 unspecified atom stereocenters. The third kappa shape index (κ3) is 2.94. The van der Waals surface area contributed by atoms with Gasteiger partial charge in [0.1, 0.15) is 5.58 Å². The van der Waals surface area contributed by atoms with Gasteiger partial charge in [-0.15, -0.1) is 0 Å². The second kappa shape index (κ2) is 6.67. The summed E-state index contributed by atoms with van der Waals surface area (Å²) in [6, 6.07) is 18.7. The normalized spacial score (nSPS) is 16.3. The Morgan fingerprint density at radius 2 is 1.74 bits per heavy atom. The number of hydrogen-bond donors (Lipinski definition) is 0. The zero-order valence-corrected chi connectivity index (χ0v) is 15.0. The Labute approximate surface area is 156 Å². The minimum Gasteiger partial charge on any atom is -0.421 e. The lowest BCUT2D eigenvalue weighted by Crippen LogP contribution is -2.34. The van der Waals surface area contributed by atoms with Crippen LogP contribution in [0.2, 0.25) is 0 Å². The van der Waals surface area contributed by atoms with Crippen molar-refractivity contribution in [1.29, 1.82) is 0 Å². The summed E-state index contributed by atoms with van der Waals surface area (Å²) in [5, 5.41) is 0.955. The molecular weight excluding hydrogens is 338 g/mol. The first-order chi connectivity index (χ1) is 13.3. The molecule has 0 radical (unpaired) electrons. The van der Waals surface area contributed by atoms with Crippen LogP contribution in [0, 0.1) is 0 Å². The Morgan fingerprint density at radius 1 is 1.00 bits per heavy atom. The van der Waals surface area contributed by atoms with Crippen LogP contribution in [0.1, 0.15) is 24.4 Å². The van der Waals surface area contributed by atoms with E-state index < -0.39 is 0 Å². The number of para-hydroxylation sites is 1. The van der Waals surface area contributed by atoms with Gasteiger partial charge >= 0.3 is 5.63 Å². The maximum absolute atomic E-state index is 12.3. The lowest BCUT2D eigenvalue weighted by atomic mass is 10.0. The molecule has 2 aromatic heterocycles. The summed E-state index contributed by atoms with van der Waals surface area (Å²) in [5.74, 6) is 0. The molecule has 2 aromatic carbocycles. The van der Waals surface area contributed by atoms with E-state index >= 15 is 0 Å². The summed E-state index contributed by atoms with van der Waals surface area (Å²) < 4.78 is 7.61. The highest BCUT2D eigenvalue weighted by atomic mass is 16.4. The Bertz CT molecular complexity index is 1140. The van der Waals surface area contributed by atoms with E-state index in [9.17, 15) is 4.79 Å². The molecule has 136 valence electrons. The number of benzene rings is 2. The van der Waals surface area contributed by atoms with Crippen molar-refractivity contribution in [2.75, 3.05) is 13.1 Å². The highest BCUT2D eigenvalue weighted by Crippen LogP contribution is 2.30. The first-order valence-corrected chi connectivity index (χ1v) is 9.44. The Balaban J connectivity index is 1.43. The highest BCUT2D eigenvalue weighted by Gasteiger charge is 2.23. The molecule has 27 heavy (non-hydrogen) atoms. The third-order valence-corrected chi connectivity index (χ3v) is 5.53. The molecule has 4 aromatic rings. The zero-order chi connectivity index (χ0) is 18.2. The summed E-state index contributed by atoms with van der Waals surface area (Å²) in [6.07, 6.45) is 3.91. The van der Waals surface area contributed by atoms with Gasteiger partial charge < -0.3 is 8.98 Å². The number of piperidine rings is 1. The Kier molecular flexibility index (Phi) is 4.02. The predicted octanol–water partition coefficient (Wildman–Crippen LogP) is 3.98. The average Bonchev–Trinajstić information content (AvgIpc) is 3.16. The molecule has 3 heterocycles. The Morgan fingerprint density at radius 3 is 2.56 bits per heavy atom. The second-order valence-electron chi connectivity index (χ2n) is 7.23. The molecule has 0 amide bonds. The number of aromatic nitrogens is 2. The summed E-state index contributed by atoms with van der Waals surface area (Å²) in [6.45, 7) is 3.07. The first-order valence-electron chi connectivity index (χ1n) is 9.44. The average molecular weight is 359 g/mol. The zero-order valence-electron chi connectivity index (χ0n) is 15.0. The number of imidazole rings is 1. The molecule has 5 heteroatoms. The van der Waals surface area contributed by atoms with Crippen LogP contribution in [0.15, 0.2) is 70.1 Å². The van der Waals surface area contributed by atoms with Gasteiger partial charge in [0, 0.05) is 31.1 Å². The van der Waals surface area contributed by atoms with Gasteiger partial charge in [-0.25, -0.2) is 9.78 Å². The van der Waals surface area contributed by atoms with Gasteiger partial charge in [0.05, 0.1) is 11.8 Å². The van der Waals surface area contributed by atoms with Gasteiger partial charge in [-0.1, -0.05) is 42.5 Å². The molecule has 1 fully saturated rings. The summed E-state index contributed by atoms with van der Waals surface area (Å²) >= 11 is 0. The topological polar surface area (TPSA) is 51.3 Å². The number of likely N-dealkylation sites (tertiary alicyclic amines) is 1. The highest BCUT2D eigenvalue weighted by molar-refractivity contribution is 6.00. The van der Waals surface area contributed by atoms with E-state index in [-0.39, 0.29) is 5.63 Å². The van der Waals surface area contributed by atoms with E-state index in [1.54, 1.807) is 0 Å². The van der Waals surface area contributed by atoms with E-state index in [2.05, 4.69) is 44.8 Å². The van der Waals surface area contributed by atoms with Crippen LogP contribution in [0.25, 0.3) is 22.0 Å². The van der Waals surface area contributed by atoms with Crippen LogP contribution in [-0.4, -0.2) is 27.5 Å². The van der Waals surface area contributed by atoms with Crippen LogP contribution in [0.3, 0.4) is 0 Å². The van der Waals surface area contributed by atoms with Crippen molar-refractivity contribution in [2.45, 2.75) is 25.4 Å². The lowest BCUT2D eigenvalue weighted by molar-refractivity contribution is 0.181. The molecule has 0 N–H and O–H groups in total. The maximum atomic E-state index is 12.3. The summed E-state index contributed by atoms with van der Waals surface area (Å²) in [7, 11) is 0. The van der Waals surface area contributed by atoms with Crippen LogP contribution in [0.5, 0.6) is 0 Å². The van der Waals surface area contributed by atoms with Gasteiger partial charge in [0.25, 0.3) is 0 Å². The van der Waals surface area contributed by atoms with Crippen molar-refractivity contribution in [1.82, 2.24) is 14.5 Å². The van der Waals surface area contributed by atoms with Crippen LogP contribution in [0.4, 0.5) is 0 Å². The monoisotopic (exact) mass is 359 g/mol. The van der Waals surface area contributed by atoms with Crippen molar-refractivity contribution in [3.63, 3.8) is 0 Å². The molecule has 5 rings (SSSR count). The van der Waals surface area contributed by atoms with E-state index in [1.807, 2.05) is 30.6 Å². The van der Waals surface area contributed by atoms with Gasteiger partial charge in [0.15, 0.2) is 5.52 Å². The number of rotatable bonds is 3. The van der Waals surface area contributed by atoms with Crippen molar-refractivity contribution >= 4 is 22.0 Å². The quantitative estimate of drug-likeness (QED) is 0.519. The Hall–Kier alpha value is -2.92. The van der Waals surface area contributed by atoms with Crippen LogP contribution in [-0.2, 0) is 6.54 Å². The van der Waals surface area contributed by atoms with E-state index in [4.69, 9.17) is 4.42 Å². The molecule has 1 saturated heterocycles. The smallest absolute Gasteiger partial charge is 0.364 e. The van der Waals surface area contributed by atoms with Gasteiger partial charge in [-0.3, -0.25) is 4.90 Å². The molecular formula is C22H21N3O2. The minimum atomic E-state index is -0.357. The molecule has 0 bridgehead atoms. The molecule has 0 saturated carbocycles.